The van der Waals surface area contributed by atoms with Crippen LogP contribution < -0.4 is 0 Å². The Bertz CT molecular complexity index is 749. The average Bonchev–Trinajstić information content (AvgIpc) is 3.25. The predicted octanol–water partition coefficient (Wildman–Crippen LogP) is 3.18. The number of β-amino-alcohol motifs (C(OH)–C–C–N with tert-alkyl or cyclic N) is 1. The lowest BCUT2D eigenvalue weighted by atomic mass is 9.94. The van der Waals surface area contributed by atoms with E-state index in [0.29, 0.717) is 25.4 Å². The number of benzene rings is 1. The molecule has 0 radical (unpaired) electrons. The Morgan fingerprint density at radius 1 is 1.16 bits per heavy atom. The van der Waals surface area contributed by atoms with Gasteiger partial charge in [-0.05, 0) is 42.9 Å². The van der Waals surface area contributed by atoms with Gasteiger partial charge in [0.1, 0.15) is 0 Å². The number of likely N-dealkylation sites (tertiary alicyclic amines) is 1. The molecular formula is C21H26N2O2. The summed E-state index contributed by atoms with van der Waals surface area (Å²) in [6.45, 7) is 1.16. The largest absolute Gasteiger partial charge is 0.391 e. The maximum absolute atomic E-state index is 12.6. The van der Waals surface area contributed by atoms with E-state index in [1.165, 1.54) is 31.2 Å². The van der Waals surface area contributed by atoms with Gasteiger partial charge in [0.15, 0.2) is 0 Å². The standard InChI is InChI=1S/C21H26N2O2/c24-20-14-23(21(25)11-15-5-1-2-6-15)13-17(20)12-16-9-10-22-19-8-4-3-7-18(16)19/h3-4,7-10,15,17,20,24H,1-2,5-6,11-14H2/t17-,20+/m1/s1. The molecule has 4 heteroatoms. The first-order valence-electron chi connectivity index (χ1n) is 9.49. The van der Waals surface area contributed by atoms with E-state index in [-0.39, 0.29) is 11.8 Å². The Balaban J connectivity index is 1.43. The van der Waals surface area contributed by atoms with Crippen molar-refractivity contribution in [3.63, 3.8) is 0 Å². The van der Waals surface area contributed by atoms with Gasteiger partial charge < -0.3 is 10.0 Å². The van der Waals surface area contributed by atoms with E-state index in [2.05, 4.69) is 11.1 Å². The summed E-state index contributed by atoms with van der Waals surface area (Å²) in [6.07, 6.45) is 7.76. The quantitative estimate of drug-likeness (QED) is 0.931. The number of amides is 1. The zero-order chi connectivity index (χ0) is 17.2. The molecule has 1 N–H and O–H groups in total. The molecule has 1 aromatic carbocycles. The molecule has 1 saturated heterocycles. The van der Waals surface area contributed by atoms with Gasteiger partial charge in [-0.1, -0.05) is 31.0 Å². The number of hydrogen-bond donors (Lipinski definition) is 1. The predicted molar refractivity (Wildman–Crippen MR) is 98.1 cm³/mol. The molecule has 0 spiro atoms. The van der Waals surface area contributed by atoms with Crippen LogP contribution in [0.4, 0.5) is 0 Å². The molecule has 2 aromatic rings. The van der Waals surface area contributed by atoms with E-state index in [1.807, 2.05) is 35.4 Å². The van der Waals surface area contributed by atoms with E-state index >= 15 is 0 Å². The maximum Gasteiger partial charge on any atom is 0.222 e. The second-order valence-corrected chi connectivity index (χ2v) is 7.67. The molecule has 1 aromatic heterocycles. The second-order valence-electron chi connectivity index (χ2n) is 7.67. The minimum absolute atomic E-state index is 0.110. The number of carbonyl (C=O) groups excluding carboxylic acids is 1. The summed E-state index contributed by atoms with van der Waals surface area (Å²) in [7, 11) is 0. The molecule has 2 atom stereocenters. The second kappa shape index (κ2) is 7.12. The van der Waals surface area contributed by atoms with E-state index in [0.717, 1.165) is 17.3 Å². The van der Waals surface area contributed by atoms with Crippen LogP contribution in [0.15, 0.2) is 36.5 Å². The third-order valence-electron chi connectivity index (χ3n) is 5.92. The van der Waals surface area contributed by atoms with Gasteiger partial charge in [-0.25, -0.2) is 0 Å². The molecule has 4 nitrogen and oxygen atoms in total. The van der Waals surface area contributed by atoms with Crippen LogP contribution in [-0.4, -0.2) is 40.1 Å². The molecule has 1 amide bonds. The van der Waals surface area contributed by atoms with Crippen LogP contribution in [0.3, 0.4) is 0 Å². The smallest absolute Gasteiger partial charge is 0.222 e. The number of carbonyl (C=O) groups is 1. The van der Waals surface area contributed by atoms with Crippen molar-refractivity contribution >= 4 is 16.8 Å². The van der Waals surface area contributed by atoms with Crippen molar-refractivity contribution in [3.05, 3.63) is 42.1 Å². The fraction of sp³-hybridized carbons (Fsp3) is 0.524. The summed E-state index contributed by atoms with van der Waals surface area (Å²) in [5.74, 6) is 0.902. The maximum atomic E-state index is 12.6. The van der Waals surface area contributed by atoms with Crippen LogP contribution in [0.2, 0.25) is 0 Å². The third-order valence-corrected chi connectivity index (χ3v) is 5.92. The van der Waals surface area contributed by atoms with Crippen molar-refractivity contribution in [1.82, 2.24) is 9.88 Å². The Kier molecular flexibility index (Phi) is 4.71. The number of fused-ring (bicyclic) bond motifs is 1. The van der Waals surface area contributed by atoms with Crippen LogP contribution >= 0.6 is 0 Å². The number of hydrogen-bond acceptors (Lipinski definition) is 3. The minimum Gasteiger partial charge on any atom is -0.391 e. The highest BCUT2D eigenvalue weighted by Gasteiger charge is 2.35. The van der Waals surface area contributed by atoms with Crippen LogP contribution in [0.1, 0.15) is 37.7 Å². The Hall–Kier alpha value is -1.94. The first-order chi connectivity index (χ1) is 12.2. The zero-order valence-electron chi connectivity index (χ0n) is 14.6. The number of aliphatic hydroxyl groups excluding tert-OH is 1. The molecule has 25 heavy (non-hydrogen) atoms. The number of aromatic nitrogens is 1. The van der Waals surface area contributed by atoms with Crippen LogP contribution in [0, 0.1) is 11.8 Å². The topological polar surface area (TPSA) is 53.4 Å². The number of rotatable bonds is 4. The molecule has 1 aliphatic carbocycles. The molecule has 2 aliphatic rings. The summed E-state index contributed by atoms with van der Waals surface area (Å²) in [5.41, 5.74) is 2.20. The monoisotopic (exact) mass is 338 g/mol. The van der Waals surface area contributed by atoms with Gasteiger partial charge in [-0.2, -0.15) is 0 Å². The van der Waals surface area contributed by atoms with Gasteiger partial charge in [-0.3, -0.25) is 9.78 Å². The molecule has 1 aliphatic heterocycles. The highest BCUT2D eigenvalue weighted by atomic mass is 16.3. The third kappa shape index (κ3) is 3.54. The summed E-state index contributed by atoms with van der Waals surface area (Å²) in [4.78, 5) is 18.9. The van der Waals surface area contributed by atoms with E-state index in [1.54, 1.807) is 0 Å². The summed E-state index contributed by atoms with van der Waals surface area (Å²) >= 11 is 0. The highest BCUT2D eigenvalue weighted by Crippen LogP contribution is 2.30. The lowest BCUT2D eigenvalue weighted by Gasteiger charge is -2.18. The summed E-state index contributed by atoms with van der Waals surface area (Å²) < 4.78 is 0. The van der Waals surface area contributed by atoms with Crippen LogP contribution in [-0.2, 0) is 11.2 Å². The normalized spacial score (nSPS) is 24.3. The lowest BCUT2D eigenvalue weighted by molar-refractivity contribution is -0.131. The van der Waals surface area contributed by atoms with Crippen molar-refractivity contribution in [3.8, 4) is 0 Å². The Labute approximate surface area is 148 Å². The number of pyridine rings is 1. The zero-order valence-corrected chi connectivity index (χ0v) is 14.6. The van der Waals surface area contributed by atoms with Crippen molar-refractivity contribution < 1.29 is 9.90 Å². The highest BCUT2D eigenvalue weighted by molar-refractivity contribution is 5.82. The fourth-order valence-corrected chi connectivity index (χ4v) is 4.46. The summed E-state index contributed by atoms with van der Waals surface area (Å²) in [6, 6.07) is 10.2. The van der Waals surface area contributed by atoms with Crippen molar-refractivity contribution in [2.24, 2.45) is 11.8 Å². The average molecular weight is 338 g/mol. The summed E-state index contributed by atoms with van der Waals surface area (Å²) in [5, 5.41) is 11.6. The van der Waals surface area contributed by atoms with Crippen LogP contribution in [0.5, 0.6) is 0 Å². The minimum atomic E-state index is -0.431. The molecule has 1 saturated carbocycles. The van der Waals surface area contributed by atoms with Crippen molar-refractivity contribution in [1.29, 1.82) is 0 Å². The van der Waals surface area contributed by atoms with Crippen LogP contribution in [0.25, 0.3) is 10.9 Å². The van der Waals surface area contributed by atoms with Crippen molar-refractivity contribution in [2.75, 3.05) is 13.1 Å². The number of nitrogens with zero attached hydrogens (tertiary/aromatic N) is 2. The van der Waals surface area contributed by atoms with Gasteiger partial charge in [-0.15, -0.1) is 0 Å². The first kappa shape index (κ1) is 16.5. The fourth-order valence-electron chi connectivity index (χ4n) is 4.46. The molecule has 0 unspecified atom stereocenters. The van der Waals surface area contributed by atoms with Gasteiger partial charge in [0.25, 0.3) is 0 Å². The van der Waals surface area contributed by atoms with E-state index < -0.39 is 6.10 Å². The number of para-hydroxylation sites is 1. The first-order valence-corrected chi connectivity index (χ1v) is 9.49. The lowest BCUT2D eigenvalue weighted by Crippen LogP contribution is -2.30. The molecule has 132 valence electrons. The molecular weight excluding hydrogens is 312 g/mol. The Morgan fingerprint density at radius 3 is 2.80 bits per heavy atom. The molecule has 2 fully saturated rings. The molecule has 2 heterocycles. The van der Waals surface area contributed by atoms with Gasteiger partial charge in [0.2, 0.25) is 5.91 Å². The Morgan fingerprint density at radius 2 is 1.96 bits per heavy atom. The SMILES string of the molecule is O=C(CC1CCCC1)N1C[C@@H](Cc2ccnc3ccccc23)[C@@H](O)C1. The molecule has 4 rings (SSSR count). The van der Waals surface area contributed by atoms with Gasteiger partial charge >= 0.3 is 0 Å². The molecule has 0 bridgehead atoms. The van der Waals surface area contributed by atoms with E-state index in [4.69, 9.17) is 0 Å². The number of aliphatic hydroxyl groups is 1. The van der Waals surface area contributed by atoms with E-state index in [9.17, 15) is 9.90 Å². The van der Waals surface area contributed by atoms with Gasteiger partial charge in [0.05, 0.1) is 11.6 Å². The van der Waals surface area contributed by atoms with Gasteiger partial charge in [0, 0.05) is 37.0 Å². The van der Waals surface area contributed by atoms with Crippen molar-refractivity contribution in [2.45, 2.75) is 44.6 Å².